The van der Waals surface area contributed by atoms with Gasteiger partial charge < -0.3 is 5.32 Å². The van der Waals surface area contributed by atoms with E-state index in [1.54, 1.807) is 0 Å². The Morgan fingerprint density at radius 3 is 2.53 bits per heavy atom. The standard InChI is InChI=1S/C13H19F3N2S/c1-4-6-17-11-7-10(13(14,15)16)8-12(18-11)19-9(3)5-2/h7-9H,4-6H2,1-3H3,(H,17,18). The number of rotatable bonds is 6. The van der Waals surface area contributed by atoms with E-state index in [0.717, 1.165) is 25.0 Å². The summed E-state index contributed by atoms with van der Waals surface area (Å²) in [7, 11) is 0. The molecule has 1 aromatic heterocycles. The highest BCUT2D eigenvalue weighted by Gasteiger charge is 2.31. The van der Waals surface area contributed by atoms with E-state index in [1.165, 1.54) is 11.8 Å². The number of anilines is 1. The van der Waals surface area contributed by atoms with Crippen molar-refractivity contribution >= 4 is 17.6 Å². The van der Waals surface area contributed by atoms with Crippen molar-refractivity contribution in [2.45, 2.75) is 50.1 Å². The molecule has 2 nitrogen and oxygen atoms in total. The zero-order valence-corrected chi connectivity index (χ0v) is 12.2. The van der Waals surface area contributed by atoms with E-state index < -0.39 is 11.7 Å². The van der Waals surface area contributed by atoms with E-state index >= 15 is 0 Å². The van der Waals surface area contributed by atoms with Crippen molar-refractivity contribution in [2.75, 3.05) is 11.9 Å². The second-order valence-corrected chi connectivity index (χ2v) is 5.80. The molecule has 1 rings (SSSR count). The zero-order chi connectivity index (χ0) is 14.5. The fraction of sp³-hybridized carbons (Fsp3) is 0.615. The summed E-state index contributed by atoms with van der Waals surface area (Å²) in [5.74, 6) is 0.294. The van der Waals surface area contributed by atoms with Crippen molar-refractivity contribution in [3.05, 3.63) is 17.7 Å². The minimum Gasteiger partial charge on any atom is -0.370 e. The first-order valence-corrected chi connectivity index (χ1v) is 7.24. The SMILES string of the molecule is CCCNc1cc(C(F)(F)F)cc(SC(C)CC)n1. The molecule has 0 fully saturated rings. The average molecular weight is 292 g/mol. The third kappa shape index (κ3) is 5.30. The first-order valence-electron chi connectivity index (χ1n) is 6.36. The number of hydrogen-bond acceptors (Lipinski definition) is 3. The number of nitrogens with one attached hydrogen (secondary N) is 1. The summed E-state index contributed by atoms with van der Waals surface area (Å²) in [5.41, 5.74) is -0.646. The van der Waals surface area contributed by atoms with Crippen molar-refractivity contribution < 1.29 is 13.2 Å². The predicted molar refractivity (Wildman–Crippen MR) is 73.6 cm³/mol. The smallest absolute Gasteiger partial charge is 0.370 e. The molecule has 19 heavy (non-hydrogen) atoms. The number of hydrogen-bond donors (Lipinski definition) is 1. The van der Waals surface area contributed by atoms with E-state index in [-0.39, 0.29) is 5.25 Å². The summed E-state index contributed by atoms with van der Waals surface area (Å²) in [6.07, 6.45) is -2.61. The number of alkyl halides is 3. The van der Waals surface area contributed by atoms with Crippen LogP contribution in [0.1, 0.15) is 39.2 Å². The van der Waals surface area contributed by atoms with Crippen LogP contribution in [0.15, 0.2) is 17.2 Å². The molecule has 0 bridgehead atoms. The number of pyridine rings is 1. The van der Waals surface area contributed by atoms with Crippen molar-refractivity contribution in [3.63, 3.8) is 0 Å². The van der Waals surface area contributed by atoms with Gasteiger partial charge in [0, 0.05) is 11.8 Å². The summed E-state index contributed by atoms with van der Waals surface area (Å²) in [6.45, 7) is 6.55. The van der Waals surface area contributed by atoms with Crippen molar-refractivity contribution in [1.29, 1.82) is 0 Å². The lowest BCUT2D eigenvalue weighted by Crippen LogP contribution is -2.09. The summed E-state index contributed by atoms with van der Waals surface area (Å²) < 4.78 is 38.5. The van der Waals surface area contributed by atoms with E-state index in [2.05, 4.69) is 10.3 Å². The largest absolute Gasteiger partial charge is 0.416 e. The molecule has 0 saturated carbocycles. The van der Waals surface area contributed by atoms with Gasteiger partial charge in [0.1, 0.15) is 5.82 Å². The van der Waals surface area contributed by atoms with Gasteiger partial charge in [0.2, 0.25) is 0 Å². The van der Waals surface area contributed by atoms with E-state index in [0.29, 0.717) is 17.4 Å². The summed E-state index contributed by atoms with van der Waals surface area (Å²) in [5, 5.41) is 3.58. The Labute approximate surface area is 116 Å². The number of halogens is 3. The van der Waals surface area contributed by atoms with Gasteiger partial charge in [-0.2, -0.15) is 13.2 Å². The molecule has 1 N–H and O–H groups in total. The van der Waals surface area contributed by atoms with Gasteiger partial charge in [-0.3, -0.25) is 0 Å². The molecule has 1 atom stereocenters. The summed E-state index contributed by atoms with van der Waals surface area (Å²) >= 11 is 1.37. The van der Waals surface area contributed by atoms with Crippen molar-refractivity contribution in [2.24, 2.45) is 0 Å². The van der Waals surface area contributed by atoms with Crippen LogP contribution in [0.4, 0.5) is 19.0 Å². The Hall–Kier alpha value is -0.910. The van der Waals surface area contributed by atoms with Crippen LogP contribution in [0.25, 0.3) is 0 Å². The maximum absolute atomic E-state index is 12.8. The van der Waals surface area contributed by atoms with Crippen molar-refractivity contribution in [1.82, 2.24) is 4.98 Å². The lowest BCUT2D eigenvalue weighted by molar-refractivity contribution is -0.137. The Balaban J connectivity index is 3.02. The zero-order valence-electron chi connectivity index (χ0n) is 11.3. The van der Waals surface area contributed by atoms with Crippen LogP contribution in [0.5, 0.6) is 0 Å². The molecule has 0 aliphatic heterocycles. The van der Waals surface area contributed by atoms with E-state index in [9.17, 15) is 13.2 Å². The molecule has 0 radical (unpaired) electrons. The maximum Gasteiger partial charge on any atom is 0.416 e. The molecule has 1 aromatic rings. The molecule has 0 spiro atoms. The monoisotopic (exact) mass is 292 g/mol. The topological polar surface area (TPSA) is 24.9 Å². The maximum atomic E-state index is 12.8. The number of aromatic nitrogens is 1. The van der Waals surface area contributed by atoms with Crippen LogP contribution in [0.3, 0.4) is 0 Å². The van der Waals surface area contributed by atoms with Crippen LogP contribution in [0.2, 0.25) is 0 Å². The van der Waals surface area contributed by atoms with Crippen LogP contribution >= 0.6 is 11.8 Å². The van der Waals surface area contributed by atoms with Gasteiger partial charge in [-0.15, -0.1) is 11.8 Å². The Morgan fingerprint density at radius 1 is 1.32 bits per heavy atom. The van der Waals surface area contributed by atoms with E-state index in [1.807, 2.05) is 20.8 Å². The minimum absolute atomic E-state index is 0.245. The Kier molecular flexibility index (Phi) is 5.97. The highest BCUT2D eigenvalue weighted by molar-refractivity contribution is 7.99. The second kappa shape index (κ2) is 7.03. The van der Waals surface area contributed by atoms with Crippen LogP contribution in [-0.4, -0.2) is 16.8 Å². The van der Waals surface area contributed by atoms with Crippen LogP contribution < -0.4 is 5.32 Å². The molecule has 6 heteroatoms. The molecular weight excluding hydrogens is 273 g/mol. The fourth-order valence-electron chi connectivity index (χ4n) is 1.36. The van der Waals surface area contributed by atoms with Gasteiger partial charge in [0.15, 0.2) is 0 Å². The molecule has 0 aliphatic rings. The third-order valence-corrected chi connectivity index (χ3v) is 3.77. The van der Waals surface area contributed by atoms with Gasteiger partial charge in [-0.1, -0.05) is 20.8 Å². The second-order valence-electron chi connectivity index (χ2n) is 4.34. The highest BCUT2D eigenvalue weighted by atomic mass is 32.2. The number of nitrogens with zero attached hydrogens (tertiary/aromatic N) is 1. The summed E-state index contributed by atoms with van der Waals surface area (Å²) in [4.78, 5) is 4.22. The first kappa shape index (κ1) is 16.1. The minimum atomic E-state index is -4.34. The van der Waals surface area contributed by atoms with Gasteiger partial charge in [-0.05, 0) is 25.0 Å². The quantitative estimate of drug-likeness (QED) is 0.761. The van der Waals surface area contributed by atoms with Gasteiger partial charge in [0.05, 0.1) is 10.6 Å². The Morgan fingerprint density at radius 2 is 2.00 bits per heavy atom. The van der Waals surface area contributed by atoms with Gasteiger partial charge in [-0.25, -0.2) is 4.98 Å². The molecule has 0 amide bonds. The normalized spacial score (nSPS) is 13.4. The molecule has 108 valence electrons. The fourth-order valence-corrected chi connectivity index (χ4v) is 2.29. The molecule has 1 unspecified atom stereocenters. The lowest BCUT2D eigenvalue weighted by Gasteiger charge is -2.14. The highest BCUT2D eigenvalue weighted by Crippen LogP contribution is 2.34. The predicted octanol–water partition coefficient (Wildman–Crippen LogP) is 4.81. The van der Waals surface area contributed by atoms with Gasteiger partial charge in [0.25, 0.3) is 0 Å². The third-order valence-electron chi connectivity index (χ3n) is 2.58. The first-order chi connectivity index (χ1) is 8.86. The van der Waals surface area contributed by atoms with Crippen LogP contribution in [-0.2, 0) is 6.18 Å². The van der Waals surface area contributed by atoms with Gasteiger partial charge >= 0.3 is 6.18 Å². The summed E-state index contributed by atoms with van der Waals surface area (Å²) in [6, 6.07) is 2.18. The van der Waals surface area contributed by atoms with Crippen LogP contribution in [0, 0.1) is 0 Å². The van der Waals surface area contributed by atoms with Crippen molar-refractivity contribution in [3.8, 4) is 0 Å². The molecular formula is C13H19F3N2S. The number of thioether (sulfide) groups is 1. The molecule has 0 aromatic carbocycles. The lowest BCUT2D eigenvalue weighted by atomic mass is 10.2. The average Bonchev–Trinajstić information content (AvgIpc) is 2.34. The molecule has 0 aliphatic carbocycles. The Bertz CT molecular complexity index is 407. The molecule has 0 saturated heterocycles. The van der Waals surface area contributed by atoms with E-state index in [4.69, 9.17) is 0 Å². The molecule has 1 heterocycles.